The van der Waals surface area contributed by atoms with Crippen molar-refractivity contribution in [2.24, 2.45) is 0 Å². The minimum atomic E-state index is -0.844. The highest BCUT2D eigenvalue weighted by Crippen LogP contribution is 2.23. The van der Waals surface area contributed by atoms with Gasteiger partial charge in [-0.1, -0.05) is 57.2 Å². The van der Waals surface area contributed by atoms with Gasteiger partial charge >= 0.3 is 12.1 Å². The highest BCUT2D eigenvalue weighted by molar-refractivity contribution is 5.81. The van der Waals surface area contributed by atoms with Gasteiger partial charge in [-0.25, -0.2) is 9.59 Å². The van der Waals surface area contributed by atoms with Crippen LogP contribution < -0.4 is 10.1 Å². The van der Waals surface area contributed by atoms with Crippen molar-refractivity contribution in [3.8, 4) is 5.75 Å². The standard InChI is InChI=1S/C26H35NO5/c1-25(2,3)20-12-8-19(9-13-20)17-31-21-14-10-18(11-15-21)16-22(23(28)30-7)27-24(29)32-26(4,5)6/h8-15,22H,16-17H2,1-7H3,(H,27,29). The third-order valence-electron chi connectivity index (χ3n) is 4.77. The molecule has 1 amide bonds. The Balaban J connectivity index is 1.96. The van der Waals surface area contributed by atoms with Crippen LogP contribution >= 0.6 is 0 Å². The molecule has 0 spiro atoms. The average Bonchev–Trinajstić information content (AvgIpc) is 2.70. The van der Waals surface area contributed by atoms with Crippen LogP contribution in [0.1, 0.15) is 58.2 Å². The van der Waals surface area contributed by atoms with E-state index >= 15 is 0 Å². The Morgan fingerprint density at radius 2 is 1.44 bits per heavy atom. The smallest absolute Gasteiger partial charge is 0.408 e. The van der Waals surface area contributed by atoms with Gasteiger partial charge in [0.15, 0.2) is 0 Å². The van der Waals surface area contributed by atoms with Gasteiger partial charge in [-0.2, -0.15) is 0 Å². The Labute approximate surface area is 191 Å². The molecule has 6 nitrogen and oxygen atoms in total. The average molecular weight is 442 g/mol. The van der Waals surface area contributed by atoms with E-state index in [4.69, 9.17) is 14.2 Å². The molecule has 32 heavy (non-hydrogen) atoms. The summed E-state index contributed by atoms with van der Waals surface area (Å²) in [5.41, 5.74) is 2.70. The minimum Gasteiger partial charge on any atom is -0.489 e. The molecule has 1 unspecified atom stereocenters. The maximum Gasteiger partial charge on any atom is 0.408 e. The molecule has 0 aliphatic rings. The fraction of sp³-hybridized carbons (Fsp3) is 0.462. The normalized spacial score (nSPS) is 12.6. The first kappa shape index (κ1) is 25.2. The predicted octanol–water partition coefficient (Wildman–Crippen LogP) is 5.17. The van der Waals surface area contributed by atoms with Gasteiger partial charge in [0, 0.05) is 6.42 Å². The summed E-state index contributed by atoms with van der Waals surface area (Å²) in [5.74, 6) is 0.193. The van der Waals surface area contributed by atoms with E-state index in [1.165, 1.54) is 12.7 Å². The summed E-state index contributed by atoms with van der Waals surface area (Å²) >= 11 is 0. The highest BCUT2D eigenvalue weighted by Gasteiger charge is 2.25. The lowest BCUT2D eigenvalue weighted by molar-refractivity contribution is -0.143. The first-order valence-corrected chi connectivity index (χ1v) is 10.8. The molecule has 0 bridgehead atoms. The van der Waals surface area contributed by atoms with Crippen LogP contribution in [0.5, 0.6) is 5.75 Å². The number of nitrogens with one attached hydrogen (secondary N) is 1. The molecule has 0 aromatic heterocycles. The topological polar surface area (TPSA) is 73.9 Å². The quantitative estimate of drug-likeness (QED) is 0.600. The summed E-state index contributed by atoms with van der Waals surface area (Å²) in [6.45, 7) is 12.3. The summed E-state index contributed by atoms with van der Waals surface area (Å²) < 4.78 is 15.9. The maximum absolute atomic E-state index is 12.1. The Kier molecular flexibility index (Phi) is 8.31. The van der Waals surface area contributed by atoms with Crippen LogP contribution in [0.25, 0.3) is 0 Å². The van der Waals surface area contributed by atoms with Gasteiger partial charge in [-0.15, -0.1) is 0 Å². The van der Waals surface area contributed by atoms with E-state index in [0.29, 0.717) is 6.61 Å². The lowest BCUT2D eigenvalue weighted by atomic mass is 9.87. The summed E-state index contributed by atoms with van der Waals surface area (Å²) in [4.78, 5) is 24.2. The molecule has 6 heteroatoms. The SMILES string of the molecule is COC(=O)C(Cc1ccc(OCc2ccc(C(C)(C)C)cc2)cc1)NC(=O)OC(C)(C)C. The first-order valence-electron chi connectivity index (χ1n) is 10.8. The van der Waals surface area contributed by atoms with Gasteiger partial charge in [-0.3, -0.25) is 0 Å². The molecule has 0 radical (unpaired) electrons. The van der Waals surface area contributed by atoms with Crippen LogP contribution in [0.15, 0.2) is 48.5 Å². The second-order valence-electron chi connectivity index (χ2n) is 9.81. The molecule has 2 aromatic carbocycles. The van der Waals surface area contributed by atoms with E-state index in [-0.39, 0.29) is 11.8 Å². The summed E-state index contributed by atoms with van der Waals surface area (Å²) in [6, 6.07) is 15.0. The van der Waals surface area contributed by atoms with E-state index in [0.717, 1.165) is 16.9 Å². The number of amides is 1. The number of rotatable bonds is 7. The third kappa shape index (κ3) is 8.25. The van der Waals surface area contributed by atoms with Crippen LogP contribution in [-0.2, 0) is 32.7 Å². The van der Waals surface area contributed by atoms with Gasteiger partial charge in [-0.05, 0) is 55.0 Å². The fourth-order valence-electron chi connectivity index (χ4n) is 3.01. The number of alkyl carbamates (subject to hydrolysis) is 1. The van der Waals surface area contributed by atoms with Crippen LogP contribution in [0.4, 0.5) is 4.79 Å². The summed E-state index contributed by atoms with van der Waals surface area (Å²) in [6.07, 6.45) is -0.383. The van der Waals surface area contributed by atoms with Gasteiger partial charge in [0.05, 0.1) is 7.11 Å². The van der Waals surface area contributed by atoms with E-state index in [2.05, 4.69) is 50.4 Å². The predicted molar refractivity (Wildman–Crippen MR) is 125 cm³/mol. The lowest BCUT2D eigenvalue weighted by Crippen LogP contribution is -2.45. The van der Waals surface area contributed by atoms with Crippen molar-refractivity contribution in [2.45, 2.75) is 71.6 Å². The molecule has 1 atom stereocenters. The largest absolute Gasteiger partial charge is 0.489 e. The second kappa shape index (κ2) is 10.5. The molecule has 0 saturated heterocycles. The zero-order valence-electron chi connectivity index (χ0n) is 20.2. The second-order valence-corrected chi connectivity index (χ2v) is 9.81. The Bertz CT molecular complexity index is 890. The van der Waals surface area contributed by atoms with Crippen LogP contribution in [0.3, 0.4) is 0 Å². The molecular weight excluding hydrogens is 406 g/mol. The molecule has 0 fully saturated rings. The van der Waals surface area contributed by atoms with Crippen LogP contribution in [-0.4, -0.2) is 30.8 Å². The van der Waals surface area contributed by atoms with Crippen molar-refractivity contribution in [2.75, 3.05) is 7.11 Å². The number of methoxy groups -OCH3 is 1. The number of esters is 1. The minimum absolute atomic E-state index is 0.121. The zero-order valence-corrected chi connectivity index (χ0v) is 20.2. The molecular formula is C26H35NO5. The molecule has 0 saturated carbocycles. The van der Waals surface area contributed by atoms with E-state index in [1.807, 2.05) is 24.3 Å². The number of hydrogen-bond acceptors (Lipinski definition) is 5. The van der Waals surface area contributed by atoms with Gasteiger partial charge in [0.2, 0.25) is 0 Å². The van der Waals surface area contributed by atoms with Crippen LogP contribution in [0.2, 0.25) is 0 Å². The van der Waals surface area contributed by atoms with Crippen molar-refractivity contribution in [3.63, 3.8) is 0 Å². The first-order chi connectivity index (χ1) is 14.9. The number of benzene rings is 2. The van der Waals surface area contributed by atoms with Gasteiger partial charge in [0.1, 0.15) is 24.0 Å². The molecule has 2 aromatic rings. The molecule has 0 aliphatic carbocycles. The zero-order chi connectivity index (χ0) is 23.9. The third-order valence-corrected chi connectivity index (χ3v) is 4.77. The van der Waals surface area contributed by atoms with Crippen molar-refractivity contribution in [1.29, 1.82) is 0 Å². The molecule has 1 N–H and O–H groups in total. The highest BCUT2D eigenvalue weighted by atomic mass is 16.6. The van der Waals surface area contributed by atoms with Crippen molar-refractivity contribution < 1.29 is 23.8 Å². The maximum atomic E-state index is 12.1. The van der Waals surface area contributed by atoms with Crippen molar-refractivity contribution >= 4 is 12.1 Å². The fourth-order valence-corrected chi connectivity index (χ4v) is 3.01. The Hall–Kier alpha value is -3.02. The number of hydrogen-bond donors (Lipinski definition) is 1. The summed E-state index contributed by atoms with van der Waals surface area (Å²) in [5, 5.41) is 2.58. The number of ether oxygens (including phenoxy) is 3. The molecule has 0 heterocycles. The Morgan fingerprint density at radius 3 is 1.94 bits per heavy atom. The monoisotopic (exact) mass is 441 g/mol. The Morgan fingerprint density at radius 1 is 0.875 bits per heavy atom. The van der Waals surface area contributed by atoms with Crippen molar-refractivity contribution in [3.05, 3.63) is 65.2 Å². The van der Waals surface area contributed by atoms with E-state index < -0.39 is 23.7 Å². The molecule has 174 valence electrons. The molecule has 2 rings (SSSR count). The van der Waals surface area contributed by atoms with Gasteiger partial charge in [0.25, 0.3) is 0 Å². The molecule has 0 aliphatic heterocycles. The van der Waals surface area contributed by atoms with E-state index in [9.17, 15) is 9.59 Å². The number of carbonyl (C=O) groups is 2. The number of carbonyl (C=O) groups excluding carboxylic acids is 2. The van der Waals surface area contributed by atoms with Gasteiger partial charge < -0.3 is 19.5 Å². The van der Waals surface area contributed by atoms with Crippen molar-refractivity contribution in [1.82, 2.24) is 5.32 Å². The van der Waals surface area contributed by atoms with E-state index in [1.54, 1.807) is 20.8 Å². The van der Waals surface area contributed by atoms with Crippen LogP contribution in [0, 0.1) is 0 Å². The summed E-state index contributed by atoms with van der Waals surface area (Å²) in [7, 11) is 1.29. The lowest BCUT2D eigenvalue weighted by Gasteiger charge is -2.22.